The van der Waals surface area contributed by atoms with Gasteiger partial charge in [-0.1, -0.05) is 6.07 Å². The van der Waals surface area contributed by atoms with E-state index in [0.717, 1.165) is 0 Å². The topological polar surface area (TPSA) is 85.1 Å². The molecule has 1 aliphatic rings. The molecule has 0 bridgehead atoms. The smallest absolute Gasteiger partial charge is 0.227 e. The minimum atomic E-state index is -0.601. The molecule has 1 aliphatic heterocycles. The van der Waals surface area contributed by atoms with Crippen molar-refractivity contribution in [1.82, 2.24) is 4.98 Å². The van der Waals surface area contributed by atoms with Crippen molar-refractivity contribution in [2.75, 3.05) is 5.32 Å². The summed E-state index contributed by atoms with van der Waals surface area (Å²) in [4.78, 5) is 25.8. The monoisotopic (exact) mass is 191 g/mol. The summed E-state index contributed by atoms with van der Waals surface area (Å²) in [6.45, 7) is 0. The zero-order chi connectivity index (χ0) is 10.1. The van der Waals surface area contributed by atoms with Gasteiger partial charge in [0.1, 0.15) is 12.1 Å². The van der Waals surface area contributed by atoms with Crippen LogP contribution in [-0.4, -0.2) is 23.2 Å². The third-order valence-electron chi connectivity index (χ3n) is 2.29. The van der Waals surface area contributed by atoms with Gasteiger partial charge in [-0.2, -0.15) is 0 Å². The molecule has 0 aromatic carbocycles. The van der Waals surface area contributed by atoms with Crippen molar-refractivity contribution in [3.8, 4) is 0 Å². The average Bonchev–Trinajstić information content (AvgIpc) is 2.55. The minimum absolute atomic E-state index is 0.513. The van der Waals surface area contributed by atoms with E-state index in [0.29, 0.717) is 17.7 Å². The van der Waals surface area contributed by atoms with E-state index in [2.05, 4.69) is 10.3 Å². The lowest BCUT2D eigenvalue weighted by Gasteiger charge is -2.09. The lowest BCUT2D eigenvalue weighted by molar-refractivity contribution is -0.121. The summed E-state index contributed by atoms with van der Waals surface area (Å²) in [6.07, 6.45) is 2.27. The molecule has 0 aliphatic carbocycles. The Balaban J connectivity index is 2.47. The molecule has 2 unspecified atom stereocenters. The Hall–Kier alpha value is -1.91. The normalized spacial score (nSPS) is 23.7. The molecular formula is C9H9N3O2. The van der Waals surface area contributed by atoms with Gasteiger partial charge >= 0.3 is 0 Å². The highest BCUT2D eigenvalue weighted by Gasteiger charge is 2.36. The number of nitrogens with two attached hydrogens (primary N) is 1. The van der Waals surface area contributed by atoms with Crippen LogP contribution in [0.15, 0.2) is 18.3 Å². The number of carbonyl (C=O) groups is 2. The second-order valence-electron chi connectivity index (χ2n) is 3.13. The van der Waals surface area contributed by atoms with Crippen LogP contribution in [0, 0.1) is 0 Å². The SMILES string of the molecule is NC(=O)C1c2cccnc2NC1C=O. The second-order valence-corrected chi connectivity index (χ2v) is 3.13. The first-order valence-electron chi connectivity index (χ1n) is 4.20. The van der Waals surface area contributed by atoms with Gasteiger partial charge < -0.3 is 15.8 Å². The van der Waals surface area contributed by atoms with Crippen molar-refractivity contribution in [2.24, 2.45) is 5.73 Å². The third-order valence-corrected chi connectivity index (χ3v) is 2.29. The number of anilines is 1. The number of pyridine rings is 1. The van der Waals surface area contributed by atoms with Gasteiger partial charge in [-0.25, -0.2) is 4.98 Å². The number of nitrogens with zero attached hydrogens (tertiary/aromatic N) is 1. The van der Waals surface area contributed by atoms with E-state index in [1.54, 1.807) is 18.3 Å². The number of rotatable bonds is 2. The summed E-state index contributed by atoms with van der Waals surface area (Å²) < 4.78 is 0. The van der Waals surface area contributed by atoms with E-state index in [-0.39, 0.29) is 0 Å². The number of primary amides is 1. The van der Waals surface area contributed by atoms with Gasteiger partial charge in [0.05, 0.1) is 12.0 Å². The highest BCUT2D eigenvalue weighted by Crippen LogP contribution is 2.32. The fraction of sp³-hybridized carbons (Fsp3) is 0.222. The van der Waals surface area contributed by atoms with Crippen molar-refractivity contribution in [2.45, 2.75) is 12.0 Å². The highest BCUT2D eigenvalue weighted by molar-refractivity contribution is 5.92. The van der Waals surface area contributed by atoms with Gasteiger partial charge in [-0.15, -0.1) is 0 Å². The molecule has 0 radical (unpaired) electrons. The fourth-order valence-electron chi connectivity index (χ4n) is 1.67. The molecule has 2 rings (SSSR count). The van der Waals surface area contributed by atoms with Crippen LogP contribution in [0.3, 0.4) is 0 Å². The molecule has 0 saturated heterocycles. The van der Waals surface area contributed by atoms with Crippen LogP contribution in [0.2, 0.25) is 0 Å². The first-order valence-corrected chi connectivity index (χ1v) is 4.20. The van der Waals surface area contributed by atoms with E-state index >= 15 is 0 Å². The summed E-state index contributed by atoms with van der Waals surface area (Å²) in [5, 5.41) is 2.84. The van der Waals surface area contributed by atoms with Crippen molar-refractivity contribution < 1.29 is 9.59 Å². The molecule has 1 aromatic heterocycles. The van der Waals surface area contributed by atoms with E-state index in [1.807, 2.05) is 0 Å². The first kappa shape index (κ1) is 8.68. The summed E-state index contributed by atoms with van der Waals surface area (Å²) >= 11 is 0. The maximum atomic E-state index is 11.1. The molecule has 1 amide bonds. The molecule has 5 nitrogen and oxygen atoms in total. The van der Waals surface area contributed by atoms with Crippen molar-refractivity contribution >= 4 is 18.0 Å². The van der Waals surface area contributed by atoms with Crippen LogP contribution >= 0.6 is 0 Å². The van der Waals surface area contributed by atoms with Crippen molar-refractivity contribution in [1.29, 1.82) is 0 Å². The average molecular weight is 191 g/mol. The zero-order valence-corrected chi connectivity index (χ0v) is 7.31. The van der Waals surface area contributed by atoms with Crippen molar-refractivity contribution in [3.63, 3.8) is 0 Å². The van der Waals surface area contributed by atoms with Crippen LogP contribution in [-0.2, 0) is 9.59 Å². The number of hydrogen-bond donors (Lipinski definition) is 2. The highest BCUT2D eigenvalue weighted by atomic mass is 16.1. The molecule has 0 saturated carbocycles. The number of fused-ring (bicyclic) bond motifs is 1. The molecule has 2 heterocycles. The predicted octanol–water partition coefficient (Wildman–Crippen LogP) is -0.357. The number of carbonyl (C=O) groups excluding carboxylic acids is 2. The predicted molar refractivity (Wildman–Crippen MR) is 49.6 cm³/mol. The molecule has 1 aromatic rings. The van der Waals surface area contributed by atoms with E-state index in [4.69, 9.17) is 5.73 Å². The van der Waals surface area contributed by atoms with Gasteiger partial charge in [0.15, 0.2) is 0 Å². The number of nitrogens with one attached hydrogen (secondary N) is 1. The van der Waals surface area contributed by atoms with Crippen LogP contribution in [0.25, 0.3) is 0 Å². The van der Waals surface area contributed by atoms with Crippen LogP contribution in [0.1, 0.15) is 11.5 Å². The van der Waals surface area contributed by atoms with Crippen LogP contribution in [0.5, 0.6) is 0 Å². The Kier molecular flexibility index (Phi) is 1.92. The molecule has 5 heteroatoms. The molecule has 14 heavy (non-hydrogen) atoms. The molecule has 0 spiro atoms. The largest absolute Gasteiger partial charge is 0.369 e. The van der Waals surface area contributed by atoms with Gasteiger partial charge in [0, 0.05) is 11.8 Å². The van der Waals surface area contributed by atoms with E-state index in [1.165, 1.54) is 0 Å². The fourth-order valence-corrected chi connectivity index (χ4v) is 1.67. The quantitative estimate of drug-likeness (QED) is 0.625. The Labute approximate surface area is 80.3 Å². The maximum absolute atomic E-state index is 11.1. The molecule has 0 fully saturated rings. The van der Waals surface area contributed by atoms with Crippen LogP contribution < -0.4 is 11.1 Å². The number of amides is 1. The Morgan fingerprint density at radius 3 is 3.07 bits per heavy atom. The van der Waals surface area contributed by atoms with Crippen LogP contribution in [0.4, 0.5) is 5.82 Å². The molecular weight excluding hydrogens is 182 g/mol. The lowest BCUT2D eigenvalue weighted by Crippen LogP contribution is -2.32. The molecule has 72 valence electrons. The molecule has 2 atom stereocenters. The third kappa shape index (κ3) is 1.14. The Morgan fingerprint density at radius 1 is 1.64 bits per heavy atom. The minimum Gasteiger partial charge on any atom is -0.369 e. The number of aldehydes is 1. The summed E-state index contributed by atoms with van der Waals surface area (Å²) in [5.74, 6) is -0.550. The maximum Gasteiger partial charge on any atom is 0.227 e. The van der Waals surface area contributed by atoms with Crippen molar-refractivity contribution in [3.05, 3.63) is 23.9 Å². The summed E-state index contributed by atoms with van der Waals surface area (Å²) in [7, 11) is 0. The summed E-state index contributed by atoms with van der Waals surface area (Å²) in [6, 6.07) is 2.87. The zero-order valence-electron chi connectivity index (χ0n) is 7.31. The molecule has 3 N–H and O–H groups in total. The van der Waals surface area contributed by atoms with Gasteiger partial charge in [-0.05, 0) is 6.07 Å². The lowest BCUT2D eigenvalue weighted by atomic mass is 9.96. The summed E-state index contributed by atoms with van der Waals surface area (Å²) in [5.41, 5.74) is 5.90. The van der Waals surface area contributed by atoms with Gasteiger partial charge in [0.25, 0.3) is 0 Å². The first-order chi connectivity index (χ1) is 6.74. The van der Waals surface area contributed by atoms with Gasteiger partial charge in [0.2, 0.25) is 5.91 Å². The van der Waals surface area contributed by atoms with E-state index < -0.39 is 17.9 Å². The van der Waals surface area contributed by atoms with E-state index in [9.17, 15) is 9.59 Å². The number of hydrogen-bond acceptors (Lipinski definition) is 4. The van der Waals surface area contributed by atoms with Gasteiger partial charge in [-0.3, -0.25) is 4.79 Å². The Bertz CT molecular complexity index is 391. The Morgan fingerprint density at radius 2 is 2.43 bits per heavy atom. The number of aromatic nitrogens is 1. The standard InChI is InChI=1S/C9H9N3O2/c10-8(14)7-5-2-1-3-11-9(5)12-6(7)4-13/h1-4,6-7H,(H2,10,14)(H,11,12). The second kappa shape index (κ2) is 3.10.